The van der Waals surface area contributed by atoms with Crippen LogP contribution in [0.15, 0.2) is 16.6 Å². The highest BCUT2D eigenvalue weighted by molar-refractivity contribution is 9.10. The number of benzene rings is 1. The van der Waals surface area contributed by atoms with Crippen molar-refractivity contribution in [2.75, 3.05) is 11.9 Å². The fraction of sp³-hybridized carbons (Fsp3) is 0.500. The van der Waals surface area contributed by atoms with Gasteiger partial charge in [0.1, 0.15) is 5.75 Å². The van der Waals surface area contributed by atoms with Crippen molar-refractivity contribution in [3.05, 3.63) is 22.2 Å². The summed E-state index contributed by atoms with van der Waals surface area (Å²) in [6, 6.07) is 3.50. The molecule has 0 aromatic heterocycles. The smallest absolute Gasteiger partial charge is 0.262 e. The molecule has 1 aromatic rings. The van der Waals surface area contributed by atoms with E-state index in [1.54, 1.807) is 12.1 Å². The molecule has 4 nitrogen and oxygen atoms in total. The van der Waals surface area contributed by atoms with Gasteiger partial charge in [-0.15, -0.1) is 0 Å². The second kappa shape index (κ2) is 5.13. The molecular formula is C16H18BrNO3. The van der Waals surface area contributed by atoms with E-state index in [1.807, 2.05) is 0 Å². The summed E-state index contributed by atoms with van der Waals surface area (Å²) in [7, 11) is 0. The number of carbonyl (C=O) groups excluding carboxylic acids is 2. The number of carbonyl (C=O) groups is 2. The maximum atomic E-state index is 12.9. The third kappa shape index (κ3) is 2.59. The van der Waals surface area contributed by atoms with Crippen LogP contribution in [0.5, 0.6) is 5.75 Å². The van der Waals surface area contributed by atoms with Crippen LogP contribution in [0.3, 0.4) is 0 Å². The van der Waals surface area contributed by atoms with E-state index in [2.05, 4.69) is 35.1 Å². The molecule has 0 bridgehead atoms. The van der Waals surface area contributed by atoms with Gasteiger partial charge in [0.2, 0.25) is 0 Å². The third-order valence-corrected chi connectivity index (χ3v) is 5.20. The van der Waals surface area contributed by atoms with Crippen molar-refractivity contribution in [2.24, 2.45) is 11.3 Å². The van der Waals surface area contributed by atoms with Gasteiger partial charge >= 0.3 is 0 Å². The Bertz CT molecular complexity index is 624. The van der Waals surface area contributed by atoms with Gasteiger partial charge in [0.25, 0.3) is 5.91 Å². The Balaban J connectivity index is 1.96. The van der Waals surface area contributed by atoms with Crippen molar-refractivity contribution in [3.63, 3.8) is 0 Å². The molecule has 1 N–H and O–H groups in total. The van der Waals surface area contributed by atoms with Crippen LogP contribution in [0.1, 0.15) is 43.5 Å². The van der Waals surface area contributed by atoms with Crippen LogP contribution < -0.4 is 10.1 Å². The summed E-state index contributed by atoms with van der Waals surface area (Å²) in [6.07, 6.45) is 3.12. The number of hydrogen-bond acceptors (Lipinski definition) is 3. The second-order valence-corrected chi connectivity index (χ2v) is 7.32. The highest BCUT2D eigenvalue weighted by Gasteiger charge is 2.40. The fourth-order valence-corrected chi connectivity index (χ4v) is 3.83. The SMILES string of the molecule is CC1(C)CCCC1C(=O)c1cc2c(cc1Br)NC(=O)CO2. The maximum Gasteiger partial charge on any atom is 0.262 e. The van der Waals surface area contributed by atoms with Crippen LogP contribution in [0.4, 0.5) is 5.69 Å². The molecule has 3 rings (SSSR count). The van der Waals surface area contributed by atoms with Crippen molar-refractivity contribution < 1.29 is 14.3 Å². The molecule has 1 aromatic carbocycles. The van der Waals surface area contributed by atoms with Crippen LogP contribution in [0, 0.1) is 11.3 Å². The minimum Gasteiger partial charge on any atom is -0.482 e. The van der Waals surface area contributed by atoms with Crippen LogP contribution in [0.2, 0.25) is 0 Å². The summed E-state index contributed by atoms with van der Waals surface area (Å²) in [5, 5.41) is 2.75. The Labute approximate surface area is 132 Å². The first-order valence-electron chi connectivity index (χ1n) is 7.19. The normalized spacial score (nSPS) is 23.2. The van der Waals surface area contributed by atoms with Crippen molar-refractivity contribution in [3.8, 4) is 5.75 Å². The van der Waals surface area contributed by atoms with Crippen LogP contribution in [0.25, 0.3) is 0 Å². The summed E-state index contributed by atoms with van der Waals surface area (Å²) in [5.74, 6) is 0.597. The van der Waals surface area contributed by atoms with E-state index in [9.17, 15) is 9.59 Å². The molecule has 1 fully saturated rings. The number of ketones is 1. The number of hydrogen-bond donors (Lipinski definition) is 1. The molecule has 1 saturated carbocycles. The van der Waals surface area contributed by atoms with Crippen molar-refractivity contribution in [1.29, 1.82) is 0 Å². The number of fused-ring (bicyclic) bond motifs is 1. The van der Waals surface area contributed by atoms with Gasteiger partial charge in [0.05, 0.1) is 5.69 Å². The fourth-order valence-electron chi connectivity index (χ4n) is 3.29. The number of amides is 1. The summed E-state index contributed by atoms with van der Waals surface area (Å²) in [5.41, 5.74) is 1.30. The first-order valence-corrected chi connectivity index (χ1v) is 7.98. The Hall–Kier alpha value is -1.36. The lowest BCUT2D eigenvalue weighted by atomic mass is 9.77. The van der Waals surface area contributed by atoms with E-state index in [0.29, 0.717) is 21.5 Å². The molecule has 1 amide bonds. The number of nitrogens with one attached hydrogen (secondary N) is 1. The Morgan fingerprint density at radius 1 is 1.43 bits per heavy atom. The van der Waals surface area contributed by atoms with Gasteiger partial charge in [-0.3, -0.25) is 9.59 Å². The molecule has 5 heteroatoms. The minimum absolute atomic E-state index is 0.00279. The average molecular weight is 352 g/mol. The average Bonchev–Trinajstić information content (AvgIpc) is 2.76. The van der Waals surface area contributed by atoms with Gasteiger partial charge in [0.15, 0.2) is 12.4 Å². The topological polar surface area (TPSA) is 55.4 Å². The number of anilines is 1. The summed E-state index contributed by atoms with van der Waals surface area (Å²) >= 11 is 3.45. The highest BCUT2D eigenvalue weighted by Crippen LogP contribution is 2.45. The lowest BCUT2D eigenvalue weighted by Crippen LogP contribution is -2.28. The first-order chi connectivity index (χ1) is 9.88. The first kappa shape index (κ1) is 14.6. The molecule has 1 aliphatic heterocycles. The summed E-state index contributed by atoms with van der Waals surface area (Å²) in [4.78, 5) is 24.2. The van der Waals surface area contributed by atoms with Gasteiger partial charge in [-0.05, 0) is 46.3 Å². The van der Waals surface area contributed by atoms with Gasteiger partial charge in [-0.25, -0.2) is 0 Å². The molecular weight excluding hydrogens is 334 g/mol. The van der Waals surface area contributed by atoms with Crippen molar-refractivity contribution in [1.82, 2.24) is 0 Å². The monoisotopic (exact) mass is 351 g/mol. The van der Waals surface area contributed by atoms with Crippen LogP contribution in [-0.4, -0.2) is 18.3 Å². The molecule has 0 spiro atoms. The lowest BCUT2D eigenvalue weighted by Gasteiger charge is -2.27. The predicted octanol–water partition coefficient (Wildman–Crippen LogP) is 3.79. The molecule has 112 valence electrons. The van der Waals surface area contributed by atoms with E-state index in [1.165, 1.54) is 0 Å². The molecule has 1 aliphatic carbocycles. The quantitative estimate of drug-likeness (QED) is 0.824. The standard InChI is InChI=1S/C16H18BrNO3/c1-16(2)5-3-4-10(16)15(20)9-6-13-12(7-11(9)17)18-14(19)8-21-13/h6-7,10H,3-5,8H2,1-2H3,(H,18,19). The summed E-state index contributed by atoms with van der Waals surface area (Å²) in [6.45, 7) is 4.31. The van der Waals surface area contributed by atoms with E-state index in [4.69, 9.17) is 4.74 Å². The highest BCUT2D eigenvalue weighted by atomic mass is 79.9. The lowest BCUT2D eigenvalue weighted by molar-refractivity contribution is -0.118. The Morgan fingerprint density at radius 2 is 2.19 bits per heavy atom. The molecule has 2 aliphatic rings. The van der Waals surface area contributed by atoms with Gasteiger partial charge in [0, 0.05) is 16.0 Å². The largest absolute Gasteiger partial charge is 0.482 e. The van der Waals surface area contributed by atoms with E-state index < -0.39 is 0 Å². The number of Topliss-reactive ketones (excluding diaryl/α,β-unsaturated/α-hetero) is 1. The molecule has 0 saturated heterocycles. The zero-order chi connectivity index (χ0) is 15.2. The number of ether oxygens (including phenoxy) is 1. The Morgan fingerprint density at radius 3 is 2.86 bits per heavy atom. The Kier molecular flexibility index (Phi) is 3.56. The molecule has 0 radical (unpaired) electrons. The second-order valence-electron chi connectivity index (χ2n) is 6.46. The van der Waals surface area contributed by atoms with Gasteiger partial charge in [-0.2, -0.15) is 0 Å². The zero-order valence-corrected chi connectivity index (χ0v) is 13.7. The molecule has 1 heterocycles. The van der Waals surface area contributed by atoms with Crippen LogP contribution in [-0.2, 0) is 4.79 Å². The van der Waals surface area contributed by atoms with Crippen LogP contribution >= 0.6 is 15.9 Å². The molecule has 1 unspecified atom stereocenters. The van der Waals surface area contributed by atoms with E-state index in [-0.39, 0.29) is 29.6 Å². The number of halogens is 1. The van der Waals surface area contributed by atoms with Crippen molar-refractivity contribution >= 4 is 33.3 Å². The van der Waals surface area contributed by atoms with Gasteiger partial charge in [-0.1, -0.05) is 20.3 Å². The van der Waals surface area contributed by atoms with E-state index >= 15 is 0 Å². The van der Waals surface area contributed by atoms with Crippen molar-refractivity contribution in [2.45, 2.75) is 33.1 Å². The van der Waals surface area contributed by atoms with Gasteiger partial charge < -0.3 is 10.1 Å². The summed E-state index contributed by atoms with van der Waals surface area (Å²) < 4.78 is 6.12. The van der Waals surface area contributed by atoms with E-state index in [0.717, 1.165) is 19.3 Å². The minimum atomic E-state index is -0.176. The number of rotatable bonds is 2. The zero-order valence-electron chi connectivity index (χ0n) is 12.2. The molecule has 1 atom stereocenters. The maximum absolute atomic E-state index is 12.9. The molecule has 21 heavy (non-hydrogen) atoms. The third-order valence-electron chi connectivity index (χ3n) is 4.54. The predicted molar refractivity (Wildman–Crippen MR) is 83.7 cm³/mol.